The first-order chi connectivity index (χ1) is 10.0. The molecule has 2 aromatic rings. The molecule has 0 radical (unpaired) electrons. The van der Waals surface area contributed by atoms with Crippen molar-refractivity contribution in [3.63, 3.8) is 0 Å². The molecule has 0 unspecified atom stereocenters. The third-order valence-corrected chi connectivity index (χ3v) is 4.11. The predicted molar refractivity (Wildman–Crippen MR) is 85.7 cm³/mol. The van der Waals surface area contributed by atoms with Crippen LogP contribution in [0.15, 0.2) is 46.9 Å². The van der Waals surface area contributed by atoms with Crippen LogP contribution in [-0.4, -0.2) is 17.4 Å². The van der Waals surface area contributed by atoms with Crippen molar-refractivity contribution in [2.75, 3.05) is 6.54 Å². The topological polar surface area (TPSA) is 20.3 Å². The van der Waals surface area contributed by atoms with Gasteiger partial charge in [-0.1, -0.05) is 35.9 Å². The summed E-state index contributed by atoms with van der Waals surface area (Å²) < 4.78 is 13.8. The van der Waals surface area contributed by atoms with E-state index in [0.717, 1.165) is 11.1 Å². The molecule has 1 amide bonds. The van der Waals surface area contributed by atoms with E-state index < -0.39 is 5.82 Å². The molecule has 0 aromatic heterocycles. The monoisotopic (exact) mass is 349 g/mol. The van der Waals surface area contributed by atoms with Crippen molar-refractivity contribution in [3.8, 4) is 0 Å². The van der Waals surface area contributed by atoms with E-state index in [1.54, 1.807) is 17.0 Å². The molecule has 0 aliphatic rings. The fourth-order valence-corrected chi connectivity index (χ4v) is 2.63. The highest BCUT2D eigenvalue weighted by Crippen LogP contribution is 2.22. The summed E-state index contributed by atoms with van der Waals surface area (Å²) in [6.07, 6.45) is 0. The number of amides is 1. The third kappa shape index (κ3) is 3.70. The SMILES string of the molecule is CCN(Cc1cccc(C)c1)C(=O)c1cccc(F)c1Br. The van der Waals surface area contributed by atoms with Crippen LogP contribution in [0.1, 0.15) is 28.4 Å². The number of benzene rings is 2. The largest absolute Gasteiger partial charge is 0.335 e. The van der Waals surface area contributed by atoms with Gasteiger partial charge in [-0.25, -0.2) is 4.39 Å². The Morgan fingerprint density at radius 2 is 1.95 bits per heavy atom. The Morgan fingerprint density at radius 1 is 1.24 bits per heavy atom. The molecule has 0 saturated heterocycles. The van der Waals surface area contributed by atoms with Crippen molar-refractivity contribution in [1.82, 2.24) is 4.90 Å². The second-order valence-corrected chi connectivity index (χ2v) is 5.70. The molecule has 2 rings (SSSR count). The zero-order valence-corrected chi connectivity index (χ0v) is 13.7. The quantitative estimate of drug-likeness (QED) is 0.792. The van der Waals surface area contributed by atoms with Crippen molar-refractivity contribution < 1.29 is 9.18 Å². The number of aryl methyl sites for hydroxylation is 1. The van der Waals surface area contributed by atoms with Crippen LogP contribution < -0.4 is 0 Å². The minimum Gasteiger partial charge on any atom is -0.335 e. The third-order valence-electron chi connectivity index (χ3n) is 3.31. The molecule has 0 aliphatic heterocycles. The summed E-state index contributed by atoms with van der Waals surface area (Å²) in [7, 11) is 0. The molecular weight excluding hydrogens is 333 g/mol. The summed E-state index contributed by atoms with van der Waals surface area (Å²) >= 11 is 3.15. The minimum atomic E-state index is -0.424. The molecule has 0 heterocycles. The lowest BCUT2D eigenvalue weighted by Gasteiger charge is -2.22. The molecule has 0 bridgehead atoms. The first-order valence-electron chi connectivity index (χ1n) is 6.81. The van der Waals surface area contributed by atoms with Gasteiger partial charge in [0.1, 0.15) is 5.82 Å². The zero-order valence-electron chi connectivity index (χ0n) is 12.1. The highest BCUT2D eigenvalue weighted by atomic mass is 79.9. The number of carbonyl (C=O) groups is 1. The van der Waals surface area contributed by atoms with Crippen LogP contribution in [0.5, 0.6) is 0 Å². The number of hydrogen-bond donors (Lipinski definition) is 0. The average Bonchev–Trinajstić information content (AvgIpc) is 2.47. The molecule has 0 atom stereocenters. The van der Waals surface area contributed by atoms with Crippen molar-refractivity contribution in [2.45, 2.75) is 20.4 Å². The Hall–Kier alpha value is -1.68. The smallest absolute Gasteiger partial charge is 0.255 e. The van der Waals surface area contributed by atoms with Crippen LogP contribution in [0.4, 0.5) is 4.39 Å². The number of rotatable bonds is 4. The summed E-state index contributed by atoms with van der Waals surface area (Å²) in [5, 5.41) is 0. The van der Waals surface area contributed by atoms with Crippen molar-refractivity contribution in [2.24, 2.45) is 0 Å². The second kappa shape index (κ2) is 6.85. The van der Waals surface area contributed by atoms with E-state index in [2.05, 4.69) is 22.0 Å². The van der Waals surface area contributed by atoms with Gasteiger partial charge in [0.2, 0.25) is 0 Å². The zero-order chi connectivity index (χ0) is 15.4. The molecule has 0 aliphatic carbocycles. The van der Waals surface area contributed by atoms with Gasteiger partial charge in [0.25, 0.3) is 5.91 Å². The summed E-state index contributed by atoms with van der Waals surface area (Å²) in [4.78, 5) is 14.3. The van der Waals surface area contributed by atoms with Gasteiger partial charge in [0.15, 0.2) is 0 Å². The van der Waals surface area contributed by atoms with Crippen molar-refractivity contribution in [1.29, 1.82) is 0 Å². The van der Waals surface area contributed by atoms with Crippen LogP contribution in [0, 0.1) is 12.7 Å². The van der Waals surface area contributed by atoms with Crippen LogP contribution in [-0.2, 0) is 6.54 Å². The van der Waals surface area contributed by atoms with Gasteiger partial charge < -0.3 is 4.90 Å². The van der Waals surface area contributed by atoms with E-state index in [-0.39, 0.29) is 10.4 Å². The Labute approximate surface area is 132 Å². The molecule has 4 heteroatoms. The molecule has 0 N–H and O–H groups in total. The molecule has 0 fully saturated rings. The van der Waals surface area contributed by atoms with E-state index in [9.17, 15) is 9.18 Å². The molecule has 2 nitrogen and oxygen atoms in total. The van der Waals surface area contributed by atoms with E-state index in [1.165, 1.54) is 6.07 Å². The average molecular weight is 350 g/mol. The maximum Gasteiger partial charge on any atom is 0.255 e. The minimum absolute atomic E-state index is 0.176. The van der Waals surface area contributed by atoms with Gasteiger partial charge in [0.05, 0.1) is 10.0 Å². The van der Waals surface area contributed by atoms with E-state index in [1.807, 2.05) is 32.0 Å². The van der Waals surface area contributed by atoms with Crippen LogP contribution >= 0.6 is 15.9 Å². The van der Waals surface area contributed by atoms with E-state index >= 15 is 0 Å². The standard InChI is InChI=1S/C17H17BrFNO/c1-3-20(11-13-7-4-6-12(2)10-13)17(21)14-8-5-9-15(19)16(14)18/h4-10H,3,11H2,1-2H3. The van der Waals surface area contributed by atoms with Gasteiger partial charge in [-0.3, -0.25) is 4.79 Å². The summed E-state index contributed by atoms with van der Waals surface area (Å²) in [6.45, 7) is 5.02. The van der Waals surface area contributed by atoms with Crippen LogP contribution in [0.25, 0.3) is 0 Å². The van der Waals surface area contributed by atoms with E-state index in [4.69, 9.17) is 0 Å². The highest BCUT2D eigenvalue weighted by molar-refractivity contribution is 9.10. The maximum atomic E-state index is 13.6. The molecule has 0 spiro atoms. The number of halogens is 2. The molecule has 0 saturated carbocycles. The summed E-state index contributed by atoms with van der Waals surface area (Å²) in [6, 6.07) is 12.5. The lowest BCUT2D eigenvalue weighted by Crippen LogP contribution is -2.30. The molecule has 2 aromatic carbocycles. The van der Waals surface area contributed by atoms with Crippen LogP contribution in [0.3, 0.4) is 0 Å². The second-order valence-electron chi connectivity index (χ2n) is 4.91. The first-order valence-corrected chi connectivity index (χ1v) is 7.61. The van der Waals surface area contributed by atoms with Gasteiger partial charge in [-0.15, -0.1) is 0 Å². The summed E-state index contributed by atoms with van der Waals surface area (Å²) in [5.74, 6) is -0.599. The van der Waals surface area contributed by atoms with Gasteiger partial charge in [0, 0.05) is 13.1 Å². The Morgan fingerprint density at radius 3 is 2.62 bits per heavy atom. The Balaban J connectivity index is 2.25. The van der Waals surface area contributed by atoms with Gasteiger partial charge in [-0.2, -0.15) is 0 Å². The first kappa shape index (κ1) is 15.7. The fourth-order valence-electron chi connectivity index (χ4n) is 2.20. The lowest BCUT2D eigenvalue weighted by atomic mass is 10.1. The van der Waals surface area contributed by atoms with Crippen molar-refractivity contribution >= 4 is 21.8 Å². The Kier molecular flexibility index (Phi) is 5.12. The fraction of sp³-hybridized carbons (Fsp3) is 0.235. The molecule has 21 heavy (non-hydrogen) atoms. The summed E-state index contributed by atoms with van der Waals surface area (Å²) in [5.41, 5.74) is 2.57. The molecule has 110 valence electrons. The lowest BCUT2D eigenvalue weighted by molar-refractivity contribution is 0.0751. The number of hydrogen-bond acceptors (Lipinski definition) is 1. The van der Waals surface area contributed by atoms with Gasteiger partial charge in [-0.05, 0) is 47.5 Å². The van der Waals surface area contributed by atoms with E-state index in [0.29, 0.717) is 18.7 Å². The highest BCUT2D eigenvalue weighted by Gasteiger charge is 2.18. The number of nitrogens with zero attached hydrogens (tertiary/aromatic N) is 1. The van der Waals surface area contributed by atoms with Crippen molar-refractivity contribution in [3.05, 3.63) is 69.4 Å². The number of carbonyl (C=O) groups excluding carboxylic acids is 1. The predicted octanol–water partition coefficient (Wildman–Crippen LogP) is 4.56. The normalized spacial score (nSPS) is 10.5. The molecular formula is C17H17BrFNO. The van der Waals surface area contributed by atoms with Crippen LogP contribution in [0.2, 0.25) is 0 Å². The van der Waals surface area contributed by atoms with Gasteiger partial charge >= 0.3 is 0 Å². The maximum absolute atomic E-state index is 13.6. The Bertz CT molecular complexity index is 657.